The summed E-state index contributed by atoms with van der Waals surface area (Å²) in [5.74, 6) is 0. The van der Waals surface area contributed by atoms with Gasteiger partial charge in [0.15, 0.2) is 12.6 Å². The second kappa shape index (κ2) is 9.76. The third kappa shape index (κ3) is 4.30. The van der Waals surface area contributed by atoms with Gasteiger partial charge in [-0.25, -0.2) is 0 Å². The van der Waals surface area contributed by atoms with E-state index in [9.17, 15) is 0 Å². The summed E-state index contributed by atoms with van der Waals surface area (Å²) in [7, 11) is 0. The van der Waals surface area contributed by atoms with Gasteiger partial charge in [-0.1, -0.05) is 121 Å². The monoisotopic (exact) mass is 464 g/mol. The minimum Gasteiger partial charge on any atom is -0.358 e. The molecule has 4 aromatic rings. The maximum Gasteiger partial charge on any atom is 0.187 e. The van der Waals surface area contributed by atoms with Crippen LogP contribution in [-0.4, -0.2) is 25.1 Å². The van der Waals surface area contributed by atoms with E-state index in [1.165, 1.54) is 0 Å². The van der Waals surface area contributed by atoms with Crippen molar-refractivity contribution in [1.29, 1.82) is 0 Å². The molecule has 0 aromatic heterocycles. The molecule has 2 heterocycles. The van der Waals surface area contributed by atoms with E-state index in [0.29, 0.717) is 6.61 Å². The van der Waals surface area contributed by atoms with Crippen molar-refractivity contribution in [2.75, 3.05) is 6.61 Å². The predicted octanol–water partition coefficient (Wildman–Crippen LogP) is 6.22. The zero-order chi connectivity index (χ0) is 23.5. The fraction of sp³-hybridized carbons (Fsp3) is 0.226. The smallest absolute Gasteiger partial charge is 0.187 e. The molecule has 0 radical (unpaired) electrons. The summed E-state index contributed by atoms with van der Waals surface area (Å²) >= 11 is 0. The van der Waals surface area contributed by atoms with E-state index in [1.807, 2.05) is 48.5 Å². The van der Waals surface area contributed by atoms with E-state index in [-0.39, 0.29) is 24.8 Å². The van der Waals surface area contributed by atoms with Gasteiger partial charge in [-0.05, 0) is 16.7 Å². The first-order chi connectivity index (χ1) is 17.3. The largest absolute Gasteiger partial charge is 0.358 e. The number of fused-ring (bicyclic) bond motifs is 1. The van der Waals surface area contributed by atoms with Gasteiger partial charge in [0.1, 0.15) is 11.7 Å². The molecular formula is C31H28O4. The molecule has 0 spiro atoms. The molecular weight excluding hydrogens is 436 g/mol. The summed E-state index contributed by atoms with van der Waals surface area (Å²) in [5, 5.41) is 0. The Kier molecular flexibility index (Phi) is 6.19. The van der Waals surface area contributed by atoms with Gasteiger partial charge in [0.2, 0.25) is 0 Å². The average molecular weight is 465 g/mol. The Balaban J connectivity index is 1.26. The lowest BCUT2D eigenvalue weighted by atomic mass is 9.80. The van der Waals surface area contributed by atoms with Crippen molar-refractivity contribution >= 4 is 0 Å². The van der Waals surface area contributed by atoms with E-state index in [1.54, 1.807) is 0 Å². The van der Waals surface area contributed by atoms with Crippen molar-refractivity contribution in [3.63, 3.8) is 0 Å². The van der Waals surface area contributed by atoms with Crippen molar-refractivity contribution in [2.24, 2.45) is 0 Å². The fourth-order valence-corrected chi connectivity index (χ4v) is 5.12. The third-order valence-electron chi connectivity index (χ3n) is 6.78. The molecule has 176 valence electrons. The van der Waals surface area contributed by atoms with Crippen LogP contribution in [0.25, 0.3) is 0 Å². The first-order valence-corrected chi connectivity index (χ1v) is 12.1. The van der Waals surface area contributed by atoms with Crippen molar-refractivity contribution in [3.8, 4) is 0 Å². The Morgan fingerprint density at radius 1 is 0.600 bits per heavy atom. The van der Waals surface area contributed by atoms with Gasteiger partial charge in [-0.15, -0.1) is 0 Å². The lowest BCUT2D eigenvalue weighted by molar-refractivity contribution is -0.173. The minimum absolute atomic E-state index is 0.103. The Morgan fingerprint density at radius 3 is 1.57 bits per heavy atom. The zero-order valence-electron chi connectivity index (χ0n) is 19.4. The Labute approximate surface area is 206 Å². The number of hydrogen-bond donors (Lipinski definition) is 0. The molecule has 0 unspecified atom stereocenters. The maximum atomic E-state index is 6.91. The summed E-state index contributed by atoms with van der Waals surface area (Å²) in [6.07, 6.45) is -0.272. The van der Waals surface area contributed by atoms with Gasteiger partial charge in [0.05, 0.1) is 12.7 Å². The molecule has 6 rings (SSSR count). The summed E-state index contributed by atoms with van der Waals surface area (Å²) < 4.78 is 25.5. The fourth-order valence-electron chi connectivity index (χ4n) is 5.12. The van der Waals surface area contributed by atoms with Crippen LogP contribution < -0.4 is 0 Å². The second-order valence-corrected chi connectivity index (χ2v) is 9.01. The lowest BCUT2D eigenvalue weighted by Crippen LogP contribution is -2.36. The van der Waals surface area contributed by atoms with Crippen molar-refractivity contribution in [3.05, 3.63) is 144 Å². The number of rotatable bonds is 7. The molecule has 4 atom stereocenters. The molecule has 35 heavy (non-hydrogen) atoms. The van der Waals surface area contributed by atoms with Crippen LogP contribution in [0.4, 0.5) is 0 Å². The molecule has 2 saturated heterocycles. The van der Waals surface area contributed by atoms with E-state index < -0.39 is 5.60 Å². The average Bonchev–Trinajstić information content (AvgIpc) is 3.51. The zero-order valence-corrected chi connectivity index (χ0v) is 19.4. The number of hydrogen-bond acceptors (Lipinski definition) is 4. The molecule has 2 aliphatic heterocycles. The molecule has 0 N–H and O–H groups in total. The lowest BCUT2D eigenvalue weighted by Gasteiger charge is -2.36. The summed E-state index contributed by atoms with van der Waals surface area (Å²) in [6, 6.07) is 41.2. The van der Waals surface area contributed by atoms with E-state index in [0.717, 1.165) is 28.7 Å². The third-order valence-corrected chi connectivity index (χ3v) is 6.78. The molecule has 2 fully saturated rings. The second-order valence-electron chi connectivity index (χ2n) is 9.01. The van der Waals surface area contributed by atoms with Gasteiger partial charge < -0.3 is 18.9 Å². The topological polar surface area (TPSA) is 36.9 Å². The number of ether oxygens (including phenoxy) is 4. The first kappa shape index (κ1) is 22.2. The molecule has 4 nitrogen and oxygen atoms in total. The molecule has 2 aliphatic rings. The number of benzene rings is 4. The van der Waals surface area contributed by atoms with Crippen LogP contribution in [0.3, 0.4) is 0 Å². The van der Waals surface area contributed by atoms with Gasteiger partial charge in [0, 0.05) is 12.0 Å². The van der Waals surface area contributed by atoms with Crippen LogP contribution in [0.15, 0.2) is 121 Å². The highest BCUT2D eigenvalue weighted by atomic mass is 16.8. The van der Waals surface area contributed by atoms with Crippen molar-refractivity contribution < 1.29 is 18.9 Å². The molecule has 0 saturated carbocycles. The summed E-state index contributed by atoms with van der Waals surface area (Å²) in [4.78, 5) is 0. The van der Waals surface area contributed by atoms with Gasteiger partial charge >= 0.3 is 0 Å². The Morgan fingerprint density at radius 2 is 1.09 bits per heavy atom. The quantitative estimate of drug-likeness (QED) is 0.304. The van der Waals surface area contributed by atoms with Crippen molar-refractivity contribution in [2.45, 2.75) is 36.8 Å². The highest BCUT2D eigenvalue weighted by Gasteiger charge is 2.47. The van der Waals surface area contributed by atoms with Crippen LogP contribution in [0.1, 0.15) is 35.0 Å². The Hall–Kier alpha value is -3.28. The molecule has 0 bridgehead atoms. The van der Waals surface area contributed by atoms with Gasteiger partial charge in [-0.3, -0.25) is 0 Å². The van der Waals surface area contributed by atoms with Gasteiger partial charge in [0.25, 0.3) is 0 Å². The highest BCUT2D eigenvalue weighted by Crippen LogP contribution is 2.43. The van der Waals surface area contributed by atoms with Crippen LogP contribution in [-0.2, 0) is 24.5 Å². The predicted molar refractivity (Wildman–Crippen MR) is 134 cm³/mol. The molecule has 0 amide bonds. The Bertz CT molecular complexity index is 1100. The normalized spacial score (nSPS) is 23.8. The molecule has 4 aromatic carbocycles. The summed E-state index contributed by atoms with van der Waals surface area (Å²) in [6.45, 7) is 0.411. The van der Waals surface area contributed by atoms with E-state index >= 15 is 0 Å². The maximum absolute atomic E-state index is 6.91. The van der Waals surface area contributed by atoms with Crippen LogP contribution >= 0.6 is 0 Å². The highest BCUT2D eigenvalue weighted by molar-refractivity contribution is 5.47. The van der Waals surface area contributed by atoms with E-state index in [2.05, 4.69) is 72.8 Å². The first-order valence-electron chi connectivity index (χ1n) is 12.1. The van der Waals surface area contributed by atoms with Crippen molar-refractivity contribution in [1.82, 2.24) is 0 Å². The van der Waals surface area contributed by atoms with Crippen LogP contribution in [0.5, 0.6) is 0 Å². The molecule has 4 heteroatoms. The molecule has 0 aliphatic carbocycles. The minimum atomic E-state index is -0.765. The standard InChI is InChI=1S/C31H28O4/c1-5-13-23(14-6-1)29-34-28-21-27(33-30(28)35-29)22-32-31(24-15-7-2-8-16-24,25-17-9-3-10-18-25)26-19-11-4-12-20-26/h1-20,27-30H,21-22H2/t27-,28+,29-,30+/m0/s1. The van der Waals surface area contributed by atoms with Crippen LogP contribution in [0.2, 0.25) is 0 Å². The SMILES string of the molecule is c1ccc([C@@H]2O[C@H]3O[C@H](COC(c4ccccc4)(c4ccccc4)c4ccccc4)C[C@H]3O2)cc1. The van der Waals surface area contributed by atoms with Crippen LogP contribution in [0, 0.1) is 0 Å². The summed E-state index contributed by atoms with van der Waals surface area (Å²) in [5.41, 5.74) is 3.47. The van der Waals surface area contributed by atoms with Gasteiger partial charge in [-0.2, -0.15) is 0 Å². The van der Waals surface area contributed by atoms with E-state index in [4.69, 9.17) is 18.9 Å².